The van der Waals surface area contributed by atoms with Crippen molar-refractivity contribution in [3.05, 3.63) is 75.6 Å². The molecule has 10 nitrogen and oxygen atoms in total. The maximum atomic E-state index is 12.3. The number of thioether (sulfide) groups is 1. The number of carbonyl (C=O) groups is 1. The quantitative estimate of drug-likeness (QED) is 0.194. The van der Waals surface area contributed by atoms with Crippen molar-refractivity contribution in [2.75, 3.05) is 11.1 Å². The zero-order valence-electron chi connectivity index (χ0n) is 15.8. The van der Waals surface area contributed by atoms with E-state index in [1.807, 2.05) is 12.1 Å². The van der Waals surface area contributed by atoms with E-state index in [9.17, 15) is 14.9 Å². The van der Waals surface area contributed by atoms with Crippen molar-refractivity contribution in [1.82, 2.24) is 25.0 Å². The Kier molecular flexibility index (Phi) is 6.05. The SMILES string of the molecule is O=C(CSc1ncnc2c1nnn2Cc1ccc(Cl)cc1)Nc1ccc([N+](=O)[O-])cc1. The minimum atomic E-state index is -0.498. The zero-order valence-corrected chi connectivity index (χ0v) is 17.4. The van der Waals surface area contributed by atoms with Gasteiger partial charge in [0.05, 0.1) is 17.2 Å². The number of benzene rings is 2. The van der Waals surface area contributed by atoms with E-state index in [2.05, 4.69) is 25.6 Å². The number of nitro groups is 1. The van der Waals surface area contributed by atoms with Gasteiger partial charge in [-0.3, -0.25) is 14.9 Å². The van der Waals surface area contributed by atoms with Gasteiger partial charge < -0.3 is 5.32 Å². The van der Waals surface area contributed by atoms with E-state index in [0.717, 1.165) is 5.56 Å². The maximum Gasteiger partial charge on any atom is 0.269 e. The smallest absolute Gasteiger partial charge is 0.269 e. The van der Waals surface area contributed by atoms with Crippen LogP contribution in [0.15, 0.2) is 59.9 Å². The standard InChI is InChI=1S/C19H14ClN7O3S/c20-13-3-1-12(2-4-13)9-26-18-17(24-25-26)19(22-11-21-18)31-10-16(28)23-14-5-7-15(8-6-14)27(29)30/h1-8,11H,9-10H2,(H,23,28). The van der Waals surface area contributed by atoms with Crippen molar-refractivity contribution in [3.8, 4) is 0 Å². The fourth-order valence-corrected chi connectivity index (χ4v) is 3.60. The number of carbonyl (C=O) groups excluding carboxylic acids is 1. The molecule has 0 bridgehead atoms. The fourth-order valence-electron chi connectivity index (χ4n) is 2.74. The molecule has 2 aromatic carbocycles. The monoisotopic (exact) mass is 455 g/mol. The molecule has 12 heteroatoms. The lowest BCUT2D eigenvalue weighted by Gasteiger charge is -2.05. The number of fused-ring (bicyclic) bond motifs is 1. The molecule has 0 spiro atoms. The predicted octanol–water partition coefficient (Wildman–Crippen LogP) is 3.56. The molecule has 4 aromatic rings. The number of nitrogens with one attached hydrogen (secondary N) is 1. The average Bonchev–Trinajstić information content (AvgIpc) is 3.17. The van der Waals surface area contributed by atoms with Gasteiger partial charge in [-0.05, 0) is 29.8 Å². The molecular formula is C19H14ClN7O3S. The van der Waals surface area contributed by atoms with Crippen molar-refractivity contribution in [2.24, 2.45) is 0 Å². The normalized spacial score (nSPS) is 10.9. The van der Waals surface area contributed by atoms with Gasteiger partial charge in [-0.1, -0.05) is 40.7 Å². The molecule has 0 saturated heterocycles. The molecule has 0 aliphatic heterocycles. The summed E-state index contributed by atoms with van der Waals surface area (Å²) in [4.78, 5) is 30.9. The van der Waals surface area contributed by atoms with Gasteiger partial charge in [0.2, 0.25) is 5.91 Å². The highest BCUT2D eigenvalue weighted by atomic mass is 35.5. The molecule has 0 radical (unpaired) electrons. The summed E-state index contributed by atoms with van der Waals surface area (Å²) in [7, 11) is 0. The van der Waals surface area contributed by atoms with Crippen molar-refractivity contribution in [1.29, 1.82) is 0 Å². The van der Waals surface area contributed by atoms with Gasteiger partial charge in [0.1, 0.15) is 11.4 Å². The topological polar surface area (TPSA) is 129 Å². The van der Waals surface area contributed by atoms with Gasteiger partial charge in [0.25, 0.3) is 5.69 Å². The van der Waals surface area contributed by atoms with E-state index in [-0.39, 0.29) is 17.3 Å². The molecule has 2 aromatic heterocycles. The Balaban J connectivity index is 1.42. The van der Waals surface area contributed by atoms with Gasteiger partial charge in [0.15, 0.2) is 11.2 Å². The number of aromatic nitrogens is 5. The molecule has 0 fully saturated rings. The Hall–Kier alpha value is -3.57. The summed E-state index contributed by atoms with van der Waals surface area (Å²) in [6, 6.07) is 13.0. The number of nitro benzene ring substituents is 1. The first kappa shape index (κ1) is 20.7. The molecule has 0 aliphatic carbocycles. The van der Waals surface area contributed by atoms with E-state index >= 15 is 0 Å². The number of halogens is 1. The zero-order chi connectivity index (χ0) is 21.8. The van der Waals surface area contributed by atoms with Gasteiger partial charge in [0, 0.05) is 22.8 Å². The van der Waals surface area contributed by atoms with E-state index in [1.54, 1.807) is 16.8 Å². The first-order chi connectivity index (χ1) is 15.0. The van der Waals surface area contributed by atoms with Crippen LogP contribution in [0.1, 0.15) is 5.56 Å². The third-order valence-electron chi connectivity index (χ3n) is 4.21. The van der Waals surface area contributed by atoms with Gasteiger partial charge in [-0.25, -0.2) is 14.6 Å². The summed E-state index contributed by atoms with van der Waals surface area (Å²) in [6.07, 6.45) is 1.40. The maximum absolute atomic E-state index is 12.3. The number of hydrogen-bond acceptors (Lipinski definition) is 8. The number of non-ortho nitro benzene ring substituents is 1. The van der Waals surface area contributed by atoms with E-state index in [0.29, 0.717) is 33.4 Å². The van der Waals surface area contributed by atoms with E-state index in [1.165, 1.54) is 42.4 Å². The lowest BCUT2D eigenvalue weighted by atomic mass is 10.2. The number of rotatable bonds is 7. The first-order valence-corrected chi connectivity index (χ1v) is 10.3. The molecule has 1 amide bonds. The second-order valence-electron chi connectivity index (χ2n) is 6.37. The molecule has 0 unspecified atom stereocenters. The van der Waals surface area contributed by atoms with Crippen molar-refractivity contribution < 1.29 is 9.72 Å². The molecule has 0 atom stereocenters. The van der Waals surface area contributed by atoms with Crippen LogP contribution in [0.2, 0.25) is 5.02 Å². The fraction of sp³-hybridized carbons (Fsp3) is 0.105. The Bertz CT molecular complexity index is 1250. The van der Waals surface area contributed by atoms with E-state index < -0.39 is 4.92 Å². The Morgan fingerprint density at radius 3 is 2.58 bits per heavy atom. The highest BCUT2D eigenvalue weighted by molar-refractivity contribution is 8.00. The first-order valence-electron chi connectivity index (χ1n) is 8.95. The lowest BCUT2D eigenvalue weighted by molar-refractivity contribution is -0.384. The van der Waals surface area contributed by atoms with Gasteiger partial charge in [-0.15, -0.1) is 5.10 Å². The predicted molar refractivity (Wildman–Crippen MR) is 116 cm³/mol. The minimum Gasteiger partial charge on any atom is -0.325 e. The Morgan fingerprint density at radius 1 is 1.13 bits per heavy atom. The van der Waals surface area contributed by atoms with Crippen LogP contribution in [-0.4, -0.2) is 41.5 Å². The Labute approximate surface area is 184 Å². The second-order valence-corrected chi connectivity index (χ2v) is 7.77. The average molecular weight is 456 g/mol. The molecule has 0 aliphatic rings. The molecule has 0 saturated carbocycles. The second kappa shape index (κ2) is 9.06. The van der Waals surface area contributed by atoms with Crippen LogP contribution < -0.4 is 5.32 Å². The van der Waals surface area contributed by atoms with Gasteiger partial charge in [-0.2, -0.15) is 0 Å². The summed E-state index contributed by atoms with van der Waals surface area (Å²) < 4.78 is 1.65. The van der Waals surface area contributed by atoms with Crippen molar-refractivity contribution in [2.45, 2.75) is 11.6 Å². The molecule has 156 valence electrons. The van der Waals surface area contributed by atoms with Crippen LogP contribution in [0, 0.1) is 10.1 Å². The number of nitrogens with zero attached hydrogens (tertiary/aromatic N) is 6. The van der Waals surface area contributed by atoms with Crippen molar-refractivity contribution >= 4 is 51.8 Å². The van der Waals surface area contributed by atoms with Crippen LogP contribution in [-0.2, 0) is 11.3 Å². The summed E-state index contributed by atoms with van der Waals surface area (Å²) in [5.74, 6) is -0.202. The van der Waals surface area contributed by atoms with Gasteiger partial charge >= 0.3 is 0 Å². The summed E-state index contributed by atoms with van der Waals surface area (Å²) in [5, 5.41) is 22.9. The number of anilines is 1. The van der Waals surface area contributed by atoms with E-state index in [4.69, 9.17) is 11.6 Å². The third kappa shape index (κ3) is 4.95. The third-order valence-corrected chi connectivity index (χ3v) is 5.44. The lowest BCUT2D eigenvalue weighted by Crippen LogP contribution is -2.14. The number of amides is 1. The summed E-state index contributed by atoms with van der Waals surface area (Å²) >= 11 is 7.12. The van der Waals surface area contributed by atoms with Crippen LogP contribution in [0.5, 0.6) is 0 Å². The largest absolute Gasteiger partial charge is 0.325 e. The molecule has 4 rings (SSSR count). The van der Waals surface area contributed by atoms with Crippen LogP contribution in [0.3, 0.4) is 0 Å². The minimum absolute atomic E-state index is 0.0440. The van der Waals surface area contributed by atoms with Crippen LogP contribution in [0.25, 0.3) is 11.2 Å². The molecular weight excluding hydrogens is 442 g/mol. The molecule has 1 N–H and O–H groups in total. The molecule has 31 heavy (non-hydrogen) atoms. The summed E-state index contributed by atoms with van der Waals surface area (Å²) in [6.45, 7) is 0.468. The highest BCUT2D eigenvalue weighted by Gasteiger charge is 2.14. The van der Waals surface area contributed by atoms with Crippen LogP contribution in [0.4, 0.5) is 11.4 Å². The number of hydrogen-bond donors (Lipinski definition) is 1. The summed E-state index contributed by atoms with van der Waals surface area (Å²) in [5.41, 5.74) is 2.48. The van der Waals surface area contributed by atoms with Crippen LogP contribution >= 0.6 is 23.4 Å². The Morgan fingerprint density at radius 2 is 1.87 bits per heavy atom. The highest BCUT2D eigenvalue weighted by Crippen LogP contribution is 2.23. The van der Waals surface area contributed by atoms with Crippen molar-refractivity contribution in [3.63, 3.8) is 0 Å². The molecule has 2 heterocycles.